The molecular weight excluding hydrogens is 260 g/mol. The molecule has 0 spiro atoms. The van der Waals surface area contributed by atoms with Crippen LogP contribution in [0.3, 0.4) is 0 Å². The van der Waals surface area contributed by atoms with Crippen LogP contribution in [-0.4, -0.2) is 49.2 Å². The Labute approximate surface area is 128 Å². The fourth-order valence-electron chi connectivity index (χ4n) is 3.73. The predicted molar refractivity (Wildman–Crippen MR) is 87.8 cm³/mol. The van der Waals surface area contributed by atoms with E-state index in [4.69, 9.17) is 0 Å². The number of nitrogens with one attached hydrogen (secondary N) is 1. The van der Waals surface area contributed by atoms with Crippen LogP contribution in [0, 0.1) is 0 Å². The van der Waals surface area contributed by atoms with E-state index in [-0.39, 0.29) is 0 Å². The summed E-state index contributed by atoms with van der Waals surface area (Å²) in [7, 11) is 2.00. The summed E-state index contributed by atoms with van der Waals surface area (Å²) in [5, 5.41) is 3.32. The third-order valence-electron chi connectivity index (χ3n) is 5.07. The molecule has 0 bridgehead atoms. The summed E-state index contributed by atoms with van der Waals surface area (Å²) in [6.45, 7) is 7.14. The van der Waals surface area contributed by atoms with Crippen LogP contribution in [0.15, 0.2) is 18.3 Å². The highest BCUT2D eigenvalue weighted by Gasteiger charge is 2.29. The first-order chi connectivity index (χ1) is 10.3. The van der Waals surface area contributed by atoms with Crippen molar-refractivity contribution >= 4 is 5.69 Å². The molecule has 0 amide bonds. The van der Waals surface area contributed by atoms with Gasteiger partial charge in [-0.1, -0.05) is 6.92 Å². The summed E-state index contributed by atoms with van der Waals surface area (Å²) < 4.78 is 0. The molecule has 2 aliphatic rings. The molecule has 1 aromatic heterocycles. The van der Waals surface area contributed by atoms with E-state index in [0.29, 0.717) is 6.04 Å². The molecule has 4 heteroatoms. The van der Waals surface area contributed by atoms with Gasteiger partial charge in [-0.3, -0.25) is 9.88 Å². The number of pyridine rings is 1. The lowest BCUT2D eigenvalue weighted by atomic mass is 10.1. The van der Waals surface area contributed by atoms with E-state index in [9.17, 15) is 0 Å². The molecule has 1 aromatic rings. The fourth-order valence-corrected chi connectivity index (χ4v) is 3.73. The van der Waals surface area contributed by atoms with Gasteiger partial charge in [0.05, 0.1) is 17.6 Å². The maximum absolute atomic E-state index is 4.67. The third kappa shape index (κ3) is 3.22. The summed E-state index contributed by atoms with van der Waals surface area (Å²) in [5.74, 6) is 0. The number of nitrogens with zero attached hydrogens (tertiary/aromatic N) is 3. The molecule has 2 unspecified atom stereocenters. The Balaban J connectivity index is 1.62. The van der Waals surface area contributed by atoms with Gasteiger partial charge in [0.15, 0.2) is 0 Å². The monoisotopic (exact) mass is 288 g/mol. The third-order valence-corrected chi connectivity index (χ3v) is 5.07. The zero-order chi connectivity index (χ0) is 14.7. The van der Waals surface area contributed by atoms with Crippen LogP contribution in [-0.2, 0) is 0 Å². The smallest absolute Gasteiger partial charge is 0.0574 e. The van der Waals surface area contributed by atoms with Gasteiger partial charge in [0, 0.05) is 25.2 Å². The number of hydrogen-bond acceptors (Lipinski definition) is 4. The maximum Gasteiger partial charge on any atom is 0.0574 e. The summed E-state index contributed by atoms with van der Waals surface area (Å²) in [6.07, 6.45) is 7.20. The average molecular weight is 288 g/mol. The van der Waals surface area contributed by atoms with Crippen molar-refractivity contribution in [3.63, 3.8) is 0 Å². The maximum atomic E-state index is 4.67. The van der Waals surface area contributed by atoms with Crippen molar-refractivity contribution in [1.82, 2.24) is 15.2 Å². The SMILES string of the molecule is CCC(NC)c1ccc(N2CCC(N3CCCC3)C2)cn1. The van der Waals surface area contributed by atoms with Crippen LogP contribution in [0.4, 0.5) is 5.69 Å². The molecule has 0 aromatic carbocycles. The predicted octanol–water partition coefficient (Wildman–Crippen LogP) is 2.43. The fraction of sp³-hybridized carbons (Fsp3) is 0.706. The van der Waals surface area contributed by atoms with E-state index in [1.807, 2.05) is 7.05 Å². The number of aromatic nitrogens is 1. The Morgan fingerprint density at radius 3 is 2.71 bits per heavy atom. The van der Waals surface area contributed by atoms with E-state index in [2.05, 4.69) is 45.4 Å². The number of likely N-dealkylation sites (tertiary alicyclic amines) is 1. The first kappa shape index (κ1) is 14.8. The second kappa shape index (κ2) is 6.75. The van der Waals surface area contributed by atoms with Gasteiger partial charge in [0.1, 0.15) is 0 Å². The molecule has 1 N–H and O–H groups in total. The van der Waals surface area contributed by atoms with Crippen LogP contribution in [0.5, 0.6) is 0 Å². The quantitative estimate of drug-likeness (QED) is 0.901. The van der Waals surface area contributed by atoms with E-state index < -0.39 is 0 Å². The standard InChI is InChI=1S/C17H28N4/c1-3-16(18-2)17-7-6-14(12-19-17)21-11-8-15(13-21)20-9-4-5-10-20/h6-7,12,15-16,18H,3-5,8-11,13H2,1-2H3. The van der Waals surface area contributed by atoms with Crippen LogP contribution in [0.2, 0.25) is 0 Å². The summed E-state index contributed by atoms with van der Waals surface area (Å²) >= 11 is 0. The van der Waals surface area contributed by atoms with Gasteiger partial charge in [0.25, 0.3) is 0 Å². The normalized spacial score (nSPS) is 24.7. The summed E-state index contributed by atoms with van der Waals surface area (Å²) in [5.41, 5.74) is 2.44. The highest BCUT2D eigenvalue weighted by Crippen LogP contribution is 2.25. The van der Waals surface area contributed by atoms with Crippen molar-refractivity contribution in [2.75, 3.05) is 38.1 Å². The Kier molecular flexibility index (Phi) is 4.76. The summed E-state index contributed by atoms with van der Waals surface area (Å²) in [4.78, 5) is 9.85. The van der Waals surface area contributed by atoms with Gasteiger partial charge in [-0.25, -0.2) is 0 Å². The topological polar surface area (TPSA) is 31.4 Å². The molecule has 3 rings (SSSR count). The van der Waals surface area contributed by atoms with E-state index >= 15 is 0 Å². The number of rotatable bonds is 5. The zero-order valence-corrected chi connectivity index (χ0v) is 13.4. The lowest BCUT2D eigenvalue weighted by molar-refractivity contribution is 0.260. The molecule has 4 nitrogen and oxygen atoms in total. The molecule has 0 radical (unpaired) electrons. The van der Waals surface area contributed by atoms with Crippen molar-refractivity contribution < 1.29 is 0 Å². The minimum absolute atomic E-state index is 0.370. The van der Waals surface area contributed by atoms with E-state index in [1.165, 1.54) is 51.1 Å². The molecule has 0 saturated carbocycles. The molecule has 3 heterocycles. The van der Waals surface area contributed by atoms with Crippen molar-refractivity contribution in [2.45, 2.75) is 44.7 Å². The first-order valence-corrected chi connectivity index (χ1v) is 8.44. The van der Waals surface area contributed by atoms with Crippen LogP contribution >= 0.6 is 0 Å². The lowest BCUT2D eigenvalue weighted by Crippen LogP contribution is -2.35. The minimum atomic E-state index is 0.370. The molecule has 2 saturated heterocycles. The molecule has 2 atom stereocenters. The van der Waals surface area contributed by atoms with E-state index in [1.54, 1.807) is 0 Å². The van der Waals surface area contributed by atoms with Gasteiger partial charge in [0.2, 0.25) is 0 Å². The molecule has 2 fully saturated rings. The molecule has 2 aliphatic heterocycles. The van der Waals surface area contributed by atoms with Crippen LogP contribution in [0.1, 0.15) is 44.3 Å². The average Bonchev–Trinajstić information content (AvgIpc) is 3.20. The second-order valence-electron chi connectivity index (χ2n) is 6.32. The molecule has 0 aliphatic carbocycles. The molecule has 116 valence electrons. The minimum Gasteiger partial charge on any atom is -0.369 e. The highest BCUT2D eigenvalue weighted by atomic mass is 15.3. The Bertz CT molecular complexity index is 435. The summed E-state index contributed by atoms with van der Waals surface area (Å²) in [6, 6.07) is 5.56. The van der Waals surface area contributed by atoms with Gasteiger partial charge in [-0.2, -0.15) is 0 Å². The van der Waals surface area contributed by atoms with Gasteiger partial charge in [-0.05, 0) is 58.0 Å². The van der Waals surface area contributed by atoms with Crippen molar-refractivity contribution in [2.24, 2.45) is 0 Å². The largest absolute Gasteiger partial charge is 0.369 e. The Morgan fingerprint density at radius 1 is 1.29 bits per heavy atom. The first-order valence-electron chi connectivity index (χ1n) is 8.44. The Morgan fingerprint density at radius 2 is 2.10 bits per heavy atom. The number of hydrogen-bond donors (Lipinski definition) is 1. The Hall–Kier alpha value is -1.13. The van der Waals surface area contributed by atoms with Crippen LogP contribution in [0.25, 0.3) is 0 Å². The van der Waals surface area contributed by atoms with Crippen molar-refractivity contribution in [3.8, 4) is 0 Å². The van der Waals surface area contributed by atoms with Crippen LogP contribution < -0.4 is 10.2 Å². The molecule has 21 heavy (non-hydrogen) atoms. The van der Waals surface area contributed by atoms with Gasteiger partial charge < -0.3 is 10.2 Å². The van der Waals surface area contributed by atoms with E-state index in [0.717, 1.165) is 18.2 Å². The highest BCUT2D eigenvalue weighted by molar-refractivity contribution is 5.46. The van der Waals surface area contributed by atoms with Gasteiger partial charge >= 0.3 is 0 Å². The van der Waals surface area contributed by atoms with Gasteiger partial charge in [-0.15, -0.1) is 0 Å². The van der Waals surface area contributed by atoms with Crippen molar-refractivity contribution in [1.29, 1.82) is 0 Å². The molecular formula is C17H28N4. The number of anilines is 1. The second-order valence-corrected chi connectivity index (χ2v) is 6.32. The van der Waals surface area contributed by atoms with Crippen molar-refractivity contribution in [3.05, 3.63) is 24.0 Å². The lowest BCUT2D eigenvalue weighted by Gasteiger charge is -2.24. The zero-order valence-electron chi connectivity index (χ0n) is 13.4.